The van der Waals surface area contributed by atoms with Crippen LogP contribution < -0.4 is 5.32 Å². The van der Waals surface area contributed by atoms with Gasteiger partial charge in [-0.15, -0.1) is 0 Å². The average molecular weight is 259 g/mol. The zero-order valence-corrected chi connectivity index (χ0v) is 12.2. The number of anilines is 1. The number of carbonyl (C=O) groups excluding carboxylic acids is 1. The third-order valence-corrected chi connectivity index (χ3v) is 4.14. The molecule has 1 aliphatic rings. The normalized spacial score (nSPS) is 15.1. The van der Waals surface area contributed by atoms with E-state index in [1.165, 1.54) is 24.0 Å². The van der Waals surface area contributed by atoms with Gasteiger partial charge in [-0.2, -0.15) is 0 Å². The van der Waals surface area contributed by atoms with Gasteiger partial charge < -0.3 is 5.32 Å². The maximum absolute atomic E-state index is 12.2. The lowest BCUT2D eigenvalue weighted by Crippen LogP contribution is -2.22. The minimum atomic E-state index is 0.160. The number of rotatable bonds is 6. The molecule has 19 heavy (non-hydrogen) atoms. The van der Waals surface area contributed by atoms with Crippen LogP contribution in [0.15, 0.2) is 18.2 Å². The van der Waals surface area contributed by atoms with Crippen molar-refractivity contribution in [3.63, 3.8) is 0 Å². The molecule has 0 spiro atoms. The summed E-state index contributed by atoms with van der Waals surface area (Å²) in [5.41, 5.74) is 3.84. The molecule has 2 rings (SSSR count). The minimum absolute atomic E-state index is 0.160. The lowest BCUT2D eigenvalue weighted by molar-refractivity contribution is -0.120. The fourth-order valence-corrected chi connectivity index (χ4v) is 2.87. The summed E-state index contributed by atoms with van der Waals surface area (Å²) in [7, 11) is 0. The highest BCUT2D eigenvalue weighted by atomic mass is 16.1. The SMILES string of the molecule is CCCC[C@@H](CC)C(=O)Nc1ccc2c(c1)CCC2. The second-order valence-electron chi connectivity index (χ2n) is 5.57. The second kappa shape index (κ2) is 6.74. The molecule has 0 bridgehead atoms. The largest absolute Gasteiger partial charge is 0.326 e. The highest BCUT2D eigenvalue weighted by molar-refractivity contribution is 5.92. The van der Waals surface area contributed by atoms with Crippen molar-refractivity contribution in [3.05, 3.63) is 29.3 Å². The molecule has 1 aliphatic carbocycles. The number of aryl methyl sites for hydroxylation is 2. The van der Waals surface area contributed by atoms with Crippen molar-refractivity contribution in [2.24, 2.45) is 5.92 Å². The first-order valence-corrected chi connectivity index (χ1v) is 7.67. The van der Waals surface area contributed by atoms with Gasteiger partial charge in [0, 0.05) is 11.6 Å². The van der Waals surface area contributed by atoms with Gasteiger partial charge in [0.1, 0.15) is 0 Å². The standard InChI is InChI=1S/C17H25NO/c1-3-5-7-13(4-2)17(19)18-16-11-10-14-8-6-9-15(14)12-16/h10-13H,3-9H2,1-2H3,(H,18,19)/t13-/m1/s1. The molecular formula is C17H25NO. The van der Waals surface area contributed by atoms with Gasteiger partial charge in [-0.05, 0) is 55.4 Å². The van der Waals surface area contributed by atoms with Crippen molar-refractivity contribution in [1.82, 2.24) is 0 Å². The van der Waals surface area contributed by atoms with Crippen LogP contribution >= 0.6 is 0 Å². The number of fused-ring (bicyclic) bond motifs is 1. The van der Waals surface area contributed by atoms with Crippen molar-refractivity contribution in [3.8, 4) is 0 Å². The van der Waals surface area contributed by atoms with E-state index in [9.17, 15) is 4.79 Å². The summed E-state index contributed by atoms with van der Waals surface area (Å²) in [6.07, 6.45) is 7.82. The molecule has 104 valence electrons. The summed E-state index contributed by atoms with van der Waals surface area (Å²) in [5, 5.41) is 3.09. The quantitative estimate of drug-likeness (QED) is 0.809. The first-order chi connectivity index (χ1) is 9.24. The molecule has 0 aromatic heterocycles. The van der Waals surface area contributed by atoms with E-state index in [0.29, 0.717) is 0 Å². The Morgan fingerprint density at radius 2 is 2.05 bits per heavy atom. The lowest BCUT2D eigenvalue weighted by atomic mass is 9.98. The second-order valence-corrected chi connectivity index (χ2v) is 5.57. The fraction of sp³-hybridized carbons (Fsp3) is 0.588. The summed E-state index contributed by atoms with van der Waals surface area (Å²) < 4.78 is 0. The number of hydrogen-bond donors (Lipinski definition) is 1. The smallest absolute Gasteiger partial charge is 0.227 e. The highest BCUT2D eigenvalue weighted by Gasteiger charge is 2.17. The Labute approximate surface area is 116 Å². The van der Waals surface area contributed by atoms with E-state index in [2.05, 4.69) is 37.4 Å². The lowest BCUT2D eigenvalue weighted by Gasteiger charge is -2.15. The monoisotopic (exact) mass is 259 g/mol. The molecule has 0 fully saturated rings. The molecule has 1 amide bonds. The van der Waals surface area contributed by atoms with Crippen LogP contribution in [-0.4, -0.2) is 5.91 Å². The van der Waals surface area contributed by atoms with Crippen LogP contribution in [0.2, 0.25) is 0 Å². The Morgan fingerprint density at radius 1 is 1.26 bits per heavy atom. The van der Waals surface area contributed by atoms with Crippen molar-refractivity contribution < 1.29 is 4.79 Å². The molecule has 0 heterocycles. The predicted octanol–water partition coefficient (Wildman–Crippen LogP) is 4.33. The first-order valence-electron chi connectivity index (χ1n) is 7.67. The van der Waals surface area contributed by atoms with Crippen LogP contribution in [-0.2, 0) is 17.6 Å². The Balaban J connectivity index is 1.97. The van der Waals surface area contributed by atoms with Gasteiger partial charge in [-0.25, -0.2) is 0 Å². The predicted molar refractivity (Wildman–Crippen MR) is 80.4 cm³/mol. The number of unbranched alkanes of at least 4 members (excludes halogenated alkanes) is 1. The number of amides is 1. The van der Waals surface area contributed by atoms with Gasteiger partial charge in [-0.1, -0.05) is 32.8 Å². The molecule has 0 saturated carbocycles. The summed E-state index contributed by atoms with van der Waals surface area (Å²) in [4.78, 5) is 12.2. The fourth-order valence-electron chi connectivity index (χ4n) is 2.87. The molecule has 0 aliphatic heterocycles. The molecule has 1 atom stereocenters. The zero-order chi connectivity index (χ0) is 13.7. The van der Waals surface area contributed by atoms with Crippen molar-refractivity contribution >= 4 is 11.6 Å². The molecule has 1 aromatic carbocycles. The Morgan fingerprint density at radius 3 is 2.79 bits per heavy atom. The molecule has 0 saturated heterocycles. The summed E-state index contributed by atoms with van der Waals surface area (Å²) in [5.74, 6) is 0.349. The average Bonchev–Trinajstić information content (AvgIpc) is 2.87. The minimum Gasteiger partial charge on any atom is -0.326 e. The van der Waals surface area contributed by atoms with E-state index in [0.717, 1.165) is 37.8 Å². The van der Waals surface area contributed by atoms with Crippen molar-refractivity contribution in [2.75, 3.05) is 5.32 Å². The van der Waals surface area contributed by atoms with Crippen molar-refractivity contribution in [1.29, 1.82) is 0 Å². The van der Waals surface area contributed by atoms with Crippen molar-refractivity contribution in [2.45, 2.75) is 58.8 Å². The van der Waals surface area contributed by atoms with E-state index >= 15 is 0 Å². The molecular weight excluding hydrogens is 234 g/mol. The van der Waals surface area contributed by atoms with E-state index < -0.39 is 0 Å². The van der Waals surface area contributed by atoms with E-state index in [1.54, 1.807) is 0 Å². The van der Waals surface area contributed by atoms with Gasteiger partial charge in [0.05, 0.1) is 0 Å². The number of hydrogen-bond acceptors (Lipinski definition) is 1. The first kappa shape index (κ1) is 14.1. The van der Waals surface area contributed by atoms with Gasteiger partial charge in [-0.3, -0.25) is 4.79 Å². The Hall–Kier alpha value is -1.31. The molecule has 0 radical (unpaired) electrons. The van der Waals surface area contributed by atoms with Crippen LogP contribution in [0.1, 0.15) is 57.1 Å². The molecule has 1 aromatic rings. The third kappa shape index (κ3) is 3.59. The molecule has 1 N–H and O–H groups in total. The maximum atomic E-state index is 12.2. The summed E-state index contributed by atoms with van der Waals surface area (Å²) >= 11 is 0. The van der Waals surface area contributed by atoms with Gasteiger partial charge in [0.25, 0.3) is 0 Å². The van der Waals surface area contributed by atoms with Gasteiger partial charge in [0.2, 0.25) is 5.91 Å². The Kier molecular flexibility index (Phi) is 5.00. The van der Waals surface area contributed by atoms with Crippen LogP contribution in [0.3, 0.4) is 0 Å². The van der Waals surface area contributed by atoms with Crippen LogP contribution in [0.25, 0.3) is 0 Å². The van der Waals surface area contributed by atoms with Gasteiger partial charge >= 0.3 is 0 Å². The number of nitrogens with one attached hydrogen (secondary N) is 1. The third-order valence-electron chi connectivity index (χ3n) is 4.14. The topological polar surface area (TPSA) is 29.1 Å². The Bertz CT molecular complexity index is 439. The molecule has 2 nitrogen and oxygen atoms in total. The highest BCUT2D eigenvalue weighted by Crippen LogP contribution is 2.25. The van der Waals surface area contributed by atoms with E-state index in [-0.39, 0.29) is 11.8 Å². The van der Waals surface area contributed by atoms with E-state index in [4.69, 9.17) is 0 Å². The summed E-state index contributed by atoms with van der Waals surface area (Å²) in [6.45, 7) is 4.27. The van der Waals surface area contributed by atoms with Crippen LogP contribution in [0.4, 0.5) is 5.69 Å². The maximum Gasteiger partial charge on any atom is 0.227 e. The zero-order valence-electron chi connectivity index (χ0n) is 12.2. The van der Waals surface area contributed by atoms with Crippen LogP contribution in [0.5, 0.6) is 0 Å². The van der Waals surface area contributed by atoms with Crippen LogP contribution in [0, 0.1) is 5.92 Å². The van der Waals surface area contributed by atoms with Gasteiger partial charge in [0.15, 0.2) is 0 Å². The summed E-state index contributed by atoms with van der Waals surface area (Å²) in [6, 6.07) is 6.38. The molecule has 0 unspecified atom stereocenters. The molecule has 2 heteroatoms. The number of benzene rings is 1. The number of carbonyl (C=O) groups is 1. The van der Waals surface area contributed by atoms with E-state index in [1.807, 2.05) is 0 Å².